The van der Waals surface area contributed by atoms with Gasteiger partial charge in [0.1, 0.15) is 0 Å². The summed E-state index contributed by atoms with van der Waals surface area (Å²) in [5.41, 5.74) is 0.977. The van der Waals surface area contributed by atoms with Gasteiger partial charge >= 0.3 is 221 Å². The summed E-state index contributed by atoms with van der Waals surface area (Å²) in [4.78, 5) is 0.140. The molecular formula is C28H29IO6S. The van der Waals surface area contributed by atoms with Gasteiger partial charge in [-0.25, -0.2) is 0 Å². The van der Waals surface area contributed by atoms with Gasteiger partial charge < -0.3 is 0 Å². The molecule has 0 aromatic heterocycles. The van der Waals surface area contributed by atoms with Crippen LogP contribution in [0.4, 0.5) is 0 Å². The zero-order valence-electron chi connectivity index (χ0n) is 20.2. The van der Waals surface area contributed by atoms with Crippen molar-refractivity contribution < 1.29 is 25.1 Å². The fourth-order valence-corrected chi connectivity index (χ4v) is 10.7. The van der Waals surface area contributed by atoms with Gasteiger partial charge in [-0.05, 0) is 0 Å². The second kappa shape index (κ2) is 12.6. The number of rotatable bonds is 12. The molecular weight excluding hydrogens is 591 g/mol. The molecule has 0 atom stereocenters. The molecule has 0 aliphatic rings. The standard InChI is InChI=1S/C28H29IO6S/c1-22-12-15-25(16-13-22)36(30,31)35-29(24-9-4-3-5-10-24)27-17-14-23-8-6-7-11-26(23)28(27)34-21-20-33-19-18-32-2/h3-17H,18-21H2,1-2H3. The molecule has 0 amide bonds. The monoisotopic (exact) mass is 620 g/mol. The fraction of sp³-hybridized carbons (Fsp3) is 0.214. The minimum atomic E-state index is -4.00. The summed E-state index contributed by atoms with van der Waals surface area (Å²) in [6.07, 6.45) is 0. The summed E-state index contributed by atoms with van der Waals surface area (Å²) in [7, 11) is -2.38. The maximum atomic E-state index is 13.4. The SMILES string of the molecule is COCCOCCOc1c(I(OS(=O)(=O)c2ccc(C)cc2)c2ccccc2)ccc2ccccc12. The van der Waals surface area contributed by atoms with Crippen LogP contribution in [0.3, 0.4) is 0 Å². The van der Waals surface area contributed by atoms with Gasteiger partial charge in [-0.1, -0.05) is 0 Å². The number of halogens is 1. The Bertz CT molecular complexity index is 1370. The van der Waals surface area contributed by atoms with E-state index in [9.17, 15) is 8.42 Å². The van der Waals surface area contributed by atoms with Crippen molar-refractivity contribution in [1.82, 2.24) is 0 Å². The van der Waals surface area contributed by atoms with E-state index < -0.39 is 30.4 Å². The van der Waals surface area contributed by atoms with E-state index in [-0.39, 0.29) is 4.90 Å². The fourth-order valence-electron chi connectivity index (χ4n) is 3.49. The van der Waals surface area contributed by atoms with Gasteiger partial charge in [0.05, 0.1) is 0 Å². The topological polar surface area (TPSA) is 71.1 Å². The van der Waals surface area contributed by atoms with Crippen molar-refractivity contribution in [3.8, 4) is 5.75 Å². The first-order valence-electron chi connectivity index (χ1n) is 11.5. The number of aryl methyl sites for hydroxylation is 1. The predicted octanol–water partition coefficient (Wildman–Crippen LogP) is 6.06. The Balaban J connectivity index is 1.74. The summed E-state index contributed by atoms with van der Waals surface area (Å²) in [5.74, 6) is 0.636. The van der Waals surface area contributed by atoms with E-state index in [1.165, 1.54) is 0 Å². The molecule has 8 heteroatoms. The van der Waals surface area contributed by atoms with Crippen LogP contribution in [0.15, 0.2) is 95.9 Å². The number of methoxy groups -OCH3 is 1. The summed E-state index contributed by atoms with van der Waals surface area (Å²) in [6, 6.07) is 28.1. The molecule has 0 aliphatic carbocycles. The Hall–Kier alpha value is -2.50. The van der Waals surface area contributed by atoms with Crippen LogP contribution in [0.25, 0.3) is 10.8 Å². The molecule has 4 rings (SSSR count). The molecule has 4 aromatic rings. The molecule has 0 unspecified atom stereocenters. The van der Waals surface area contributed by atoms with E-state index in [0.29, 0.717) is 32.2 Å². The Morgan fingerprint density at radius 1 is 0.750 bits per heavy atom. The first kappa shape index (κ1) is 26.6. The Kier molecular flexibility index (Phi) is 9.33. The second-order valence-corrected chi connectivity index (χ2v) is 14.3. The van der Waals surface area contributed by atoms with Gasteiger partial charge in [0.2, 0.25) is 0 Å². The average Bonchev–Trinajstić information content (AvgIpc) is 2.90. The van der Waals surface area contributed by atoms with Crippen molar-refractivity contribution in [2.45, 2.75) is 11.8 Å². The molecule has 0 spiro atoms. The van der Waals surface area contributed by atoms with Gasteiger partial charge in [0.15, 0.2) is 0 Å². The molecule has 0 fully saturated rings. The first-order valence-corrected chi connectivity index (χ1v) is 15.9. The third-order valence-corrected chi connectivity index (χ3v) is 12.7. The molecule has 190 valence electrons. The van der Waals surface area contributed by atoms with Crippen LogP contribution in [-0.2, 0) is 22.1 Å². The molecule has 0 aliphatic heterocycles. The van der Waals surface area contributed by atoms with Crippen molar-refractivity contribution in [2.75, 3.05) is 33.5 Å². The normalized spacial score (nSPS) is 12.0. The number of fused-ring (bicyclic) bond motifs is 1. The number of hydrogen-bond acceptors (Lipinski definition) is 6. The van der Waals surface area contributed by atoms with Crippen LogP contribution in [0.1, 0.15) is 5.56 Å². The second-order valence-electron chi connectivity index (χ2n) is 7.93. The Morgan fingerprint density at radius 3 is 2.19 bits per heavy atom. The molecule has 6 nitrogen and oxygen atoms in total. The third-order valence-electron chi connectivity index (χ3n) is 5.31. The molecule has 0 saturated heterocycles. The van der Waals surface area contributed by atoms with Gasteiger partial charge in [-0.3, -0.25) is 0 Å². The third kappa shape index (κ3) is 6.63. The zero-order valence-corrected chi connectivity index (χ0v) is 23.2. The molecule has 0 bridgehead atoms. The van der Waals surface area contributed by atoms with Crippen LogP contribution < -0.4 is 4.74 Å². The van der Waals surface area contributed by atoms with Crippen LogP contribution in [-0.4, -0.2) is 42.0 Å². The van der Waals surface area contributed by atoms with E-state index >= 15 is 0 Å². The summed E-state index contributed by atoms with van der Waals surface area (Å²) < 4.78 is 51.3. The van der Waals surface area contributed by atoms with E-state index in [0.717, 1.165) is 23.5 Å². The maximum absolute atomic E-state index is 13.4. The van der Waals surface area contributed by atoms with Gasteiger partial charge in [-0.15, -0.1) is 0 Å². The minimum absolute atomic E-state index is 0.140. The van der Waals surface area contributed by atoms with E-state index in [1.54, 1.807) is 31.4 Å². The van der Waals surface area contributed by atoms with Crippen LogP contribution >= 0.6 is 20.2 Å². The molecule has 0 radical (unpaired) electrons. The molecule has 0 N–H and O–H groups in total. The van der Waals surface area contributed by atoms with Gasteiger partial charge in [0.25, 0.3) is 0 Å². The van der Waals surface area contributed by atoms with Crippen molar-refractivity contribution in [3.63, 3.8) is 0 Å². The molecule has 4 aromatic carbocycles. The summed E-state index contributed by atoms with van der Waals surface area (Å²) in [6.45, 7) is 3.59. The quantitative estimate of drug-likeness (QED) is 0.142. The van der Waals surface area contributed by atoms with Crippen molar-refractivity contribution >= 4 is 41.1 Å². The van der Waals surface area contributed by atoms with Gasteiger partial charge in [0, 0.05) is 0 Å². The van der Waals surface area contributed by atoms with E-state index in [1.807, 2.05) is 73.7 Å². The van der Waals surface area contributed by atoms with E-state index in [2.05, 4.69) is 0 Å². The Labute approximate surface area is 220 Å². The molecule has 0 saturated carbocycles. The zero-order chi connectivity index (χ0) is 25.4. The first-order chi connectivity index (χ1) is 17.5. The summed E-state index contributed by atoms with van der Waals surface area (Å²) in [5, 5.41) is 1.91. The van der Waals surface area contributed by atoms with Crippen molar-refractivity contribution in [1.29, 1.82) is 0 Å². The predicted molar refractivity (Wildman–Crippen MR) is 149 cm³/mol. The Morgan fingerprint density at radius 2 is 1.44 bits per heavy atom. The number of hydrogen-bond donors (Lipinski definition) is 0. The van der Waals surface area contributed by atoms with Crippen LogP contribution in [0, 0.1) is 14.1 Å². The van der Waals surface area contributed by atoms with Crippen molar-refractivity contribution in [2.24, 2.45) is 0 Å². The number of benzene rings is 4. The van der Waals surface area contributed by atoms with E-state index in [4.69, 9.17) is 16.7 Å². The number of ether oxygens (including phenoxy) is 3. The molecule has 36 heavy (non-hydrogen) atoms. The van der Waals surface area contributed by atoms with Crippen LogP contribution in [0.5, 0.6) is 5.75 Å². The molecule has 0 heterocycles. The van der Waals surface area contributed by atoms with Crippen molar-refractivity contribution in [3.05, 3.63) is 104 Å². The average molecular weight is 621 g/mol. The van der Waals surface area contributed by atoms with Crippen LogP contribution in [0.2, 0.25) is 0 Å². The van der Waals surface area contributed by atoms with Gasteiger partial charge in [-0.2, -0.15) is 0 Å². The summed E-state index contributed by atoms with van der Waals surface area (Å²) >= 11 is -2.98.